The third kappa shape index (κ3) is 2.30. The van der Waals surface area contributed by atoms with Gasteiger partial charge < -0.3 is 4.74 Å². The van der Waals surface area contributed by atoms with Crippen molar-refractivity contribution in [2.75, 3.05) is 20.2 Å². The van der Waals surface area contributed by atoms with Crippen LogP contribution in [0.2, 0.25) is 0 Å². The molecule has 1 saturated heterocycles. The van der Waals surface area contributed by atoms with E-state index in [0.29, 0.717) is 0 Å². The Morgan fingerprint density at radius 1 is 1.17 bits per heavy atom. The molecule has 1 atom stereocenters. The van der Waals surface area contributed by atoms with Gasteiger partial charge in [0.05, 0.1) is 7.11 Å². The van der Waals surface area contributed by atoms with Gasteiger partial charge in [-0.25, -0.2) is 0 Å². The number of hydrogen-bond donors (Lipinski definition) is 0. The first-order valence-corrected chi connectivity index (χ1v) is 6.94. The number of benzene rings is 1. The molecule has 3 rings (SSSR count). The highest BCUT2D eigenvalue weighted by atomic mass is 16.5. The quantitative estimate of drug-likeness (QED) is 0.790. The molecule has 0 saturated carbocycles. The van der Waals surface area contributed by atoms with Gasteiger partial charge in [-0.15, -0.1) is 0 Å². The molecule has 2 aliphatic rings. The van der Waals surface area contributed by atoms with E-state index in [1.54, 1.807) is 7.11 Å². The smallest absolute Gasteiger partial charge is 0.118 e. The van der Waals surface area contributed by atoms with Gasteiger partial charge in [-0.3, -0.25) is 4.90 Å². The summed E-state index contributed by atoms with van der Waals surface area (Å²) >= 11 is 0. The Bertz CT molecular complexity index is 435. The number of rotatable bonds is 2. The molecule has 0 bridgehead atoms. The van der Waals surface area contributed by atoms with Crippen molar-refractivity contribution in [1.29, 1.82) is 0 Å². The molecule has 18 heavy (non-hydrogen) atoms. The van der Waals surface area contributed by atoms with Gasteiger partial charge in [-0.05, 0) is 49.1 Å². The number of fused-ring (bicyclic) bond motifs is 1. The van der Waals surface area contributed by atoms with Gasteiger partial charge in [0, 0.05) is 12.6 Å². The molecule has 0 amide bonds. The van der Waals surface area contributed by atoms with E-state index in [-0.39, 0.29) is 0 Å². The lowest BCUT2D eigenvalue weighted by Crippen LogP contribution is -2.41. The Balaban J connectivity index is 1.77. The van der Waals surface area contributed by atoms with Crippen LogP contribution in [-0.2, 0) is 0 Å². The molecule has 2 heterocycles. The summed E-state index contributed by atoms with van der Waals surface area (Å²) in [4.78, 5) is 2.64. The lowest BCUT2D eigenvalue weighted by molar-refractivity contribution is 0.161. The predicted octanol–water partition coefficient (Wildman–Crippen LogP) is 3.34. The maximum Gasteiger partial charge on any atom is 0.118 e. The van der Waals surface area contributed by atoms with Gasteiger partial charge in [-0.1, -0.05) is 24.6 Å². The largest absolute Gasteiger partial charge is 0.497 e. The second kappa shape index (κ2) is 5.15. The molecule has 2 heteroatoms. The molecule has 1 aromatic carbocycles. The van der Waals surface area contributed by atoms with E-state index in [9.17, 15) is 0 Å². The zero-order chi connectivity index (χ0) is 12.4. The standard InChI is InChI=1S/C16H21NO/c1-18-16-7-5-13(6-8-16)14-9-11-17-10-3-2-4-15(17)12-14/h5-9,15H,2-4,10-12H2,1H3. The van der Waals surface area contributed by atoms with Crippen molar-refractivity contribution in [3.8, 4) is 5.75 Å². The van der Waals surface area contributed by atoms with Gasteiger partial charge in [-0.2, -0.15) is 0 Å². The number of methoxy groups -OCH3 is 1. The fourth-order valence-corrected chi connectivity index (χ4v) is 3.14. The summed E-state index contributed by atoms with van der Waals surface area (Å²) in [6.45, 7) is 2.42. The van der Waals surface area contributed by atoms with E-state index in [1.807, 2.05) is 0 Å². The average molecular weight is 243 g/mol. The third-order valence-electron chi connectivity index (χ3n) is 4.24. The molecule has 0 aliphatic carbocycles. The Labute approximate surface area is 109 Å². The minimum atomic E-state index is 0.779. The molecule has 0 radical (unpaired) electrons. The Kier molecular flexibility index (Phi) is 3.37. The Morgan fingerprint density at radius 2 is 2.00 bits per heavy atom. The maximum absolute atomic E-state index is 5.21. The van der Waals surface area contributed by atoms with Crippen LogP contribution in [0.15, 0.2) is 30.3 Å². The molecule has 0 spiro atoms. The van der Waals surface area contributed by atoms with Crippen LogP contribution in [0, 0.1) is 0 Å². The van der Waals surface area contributed by atoms with Crippen LogP contribution in [0.1, 0.15) is 31.2 Å². The molecule has 0 aromatic heterocycles. The highest BCUT2D eigenvalue weighted by Gasteiger charge is 2.25. The molecule has 1 aromatic rings. The van der Waals surface area contributed by atoms with Gasteiger partial charge in [0.25, 0.3) is 0 Å². The topological polar surface area (TPSA) is 12.5 Å². The van der Waals surface area contributed by atoms with E-state index < -0.39 is 0 Å². The first-order valence-electron chi connectivity index (χ1n) is 6.94. The summed E-state index contributed by atoms with van der Waals surface area (Å²) in [5, 5.41) is 0. The summed E-state index contributed by atoms with van der Waals surface area (Å²) < 4.78 is 5.21. The van der Waals surface area contributed by atoms with Crippen LogP contribution in [0.25, 0.3) is 5.57 Å². The van der Waals surface area contributed by atoms with E-state index in [1.165, 1.54) is 43.4 Å². The number of piperidine rings is 1. The van der Waals surface area contributed by atoms with Gasteiger partial charge in [0.2, 0.25) is 0 Å². The van der Waals surface area contributed by atoms with Crippen LogP contribution in [0.3, 0.4) is 0 Å². The van der Waals surface area contributed by atoms with Gasteiger partial charge in [0.1, 0.15) is 5.75 Å². The van der Waals surface area contributed by atoms with Gasteiger partial charge in [0.15, 0.2) is 0 Å². The average Bonchev–Trinajstić information content (AvgIpc) is 2.47. The summed E-state index contributed by atoms with van der Waals surface area (Å²) in [5.41, 5.74) is 2.88. The van der Waals surface area contributed by atoms with Gasteiger partial charge >= 0.3 is 0 Å². The highest BCUT2D eigenvalue weighted by molar-refractivity contribution is 5.67. The minimum Gasteiger partial charge on any atom is -0.497 e. The summed E-state index contributed by atoms with van der Waals surface area (Å²) in [5.74, 6) is 0.939. The molecule has 1 fully saturated rings. The molecule has 2 aliphatic heterocycles. The molecular formula is C16H21NO. The van der Waals surface area contributed by atoms with Crippen LogP contribution >= 0.6 is 0 Å². The van der Waals surface area contributed by atoms with Crippen LogP contribution in [-0.4, -0.2) is 31.1 Å². The number of hydrogen-bond acceptors (Lipinski definition) is 2. The molecule has 1 unspecified atom stereocenters. The third-order valence-corrected chi connectivity index (χ3v) is 4.24. The van der Waals surface area contributed by atoms with E-state index >= 15 is 0 Å². The molecular weight excluding hydrogens is 222 g/mol. The maximum atomic E-state index is 5.21. The first kappa shape index (κ1) is 11.8. The number of nitrogens with zero attached hydrogens (tertiary/aromatic N) is 1. The fraction of sp³-hybridized carbons (Fsp3) is 0.500. The molecule has 0 N–H and O–H groups in total. The zero-order valence-electron chi connectivity index (χ0n) is 11.1. The zero-order valence-corrected chi connectivity index (χ0v) is 11.1. The van der Waals surface area contributed by atoms with Crippen LogP contribution < -0.4 is 4.74 Å². The van der Waals surface area contributed by atoms with Crippen molar-refractivity contribution in [3.05, 3.63) is 35.9 Å². The van der Waals surface area contributed by atoms with Crippen molar-refractivity contribution >= 4 is 5.57 Å². The second-order valence-corrected chi connectivity index (χ2v) is 5.31. The SMILES string of the molecule is COc1ccc(C2=CCN3CCCCC3C2)cc1. The second-order valence-electron chi connectivity index (χ2n) is 5.31. The lowest BCUT2D eigenvalue weighted by atomic mass is 9.89. The Hall–Kier alpha value is -1.28. The Morgan fingerprint density at radius 3 is 2.78 bits per heavy atom. The fourth-order valence-electron chi connectivity index (χ4n) is 3.14. The van der Waals surface area contributed by atoms with E-state index in [2.05, 4.69) is 35.2 Å². The van der Waals surface area contributed by atoms with Crippen molar-refractivity contribution in [1.82, 2.24) is 4.90 Å². The van der Waals surface area contributed by atoms with Crippen LogP contribution in [0.4, 0.5) is 0 Å². The number of ether oxygens (including phenoxy) is 1. The molecule has 96 valence electrons. The first-order chi connectivity index (χ1) is 8.86. The van der Waals surface area contributed by atoms with E-state index in [0.717, 1.165) is 18.3 Å². The molecule has 2 nitrogen and oxygen atoms in total. The van der Waals surface area contributed by atoms with Crippen molar-refractivity contribution in [2.24, 2.45) is 0 Å². The summed E-state index contributed by atoms with van der Waals surface area (Å²) in [6, 6.07) is 9.26. The minimum absolute atomic E-state index is 0.779. The van der Waals surface area contributed by atoms with Crippen molar-refractivity contribution in [3.63, 3.8) is 0 Å². The summed E-state index contributed by atoms with van der Waals surface area (Å²) in [7, 11) is 1.72. The predicted molar refractivity (Wildman–Crippen MR) is 74.8 cm³/mol. The van der Waals surface area contributed by atoms with E-state index in [4.69, 9.17) is 4.74 Å². The lowest BCUT2D eigenvalue weighted by Gasteiger charge is -2.38. The van der Waals surface area contributed by atoms with Crippen molar-refractivity contribution in [2.45, 2.75) is 31.7 Å². The normalized spacial score (nSPS) is 24.3. The highest BCUT2D eigenvalue weighted by Crippen LogP contribution is 2.31. The van der Waals surface area contributed by atoms with Crippen molar-refractivity contribution < 1.29 is 4.74 Å². The monoisotopic (exact) mass is 243 g/mol. The summed E-state index contributed by atoms with van der Waals surface area (Å²) in [6.07, 6.45) is 7.77. The van der Waals surface area contributed by atoms with Crippen LogP contribution in [0.5, 0.6) is 5.75 Å².